The van der Waals surface area contributed by atoms with E-state index < -0.39 is 0 Å². The van der Waals surface area contributed by atoms with Gasteiger partial charge in [0.25, 0.3) is 0 Å². The first kappa shape index (κ1) is 15.9. The van der Waals surface area contributed by atoms with Crippen molar-refractivity contribution < 1.29 is 9.53 Å². The number of carbonyl (C=O) groups is 1. The summed E-state index contributed by atoms with van der Waals surface area (Å²) in [5, 5.41) is 0. The molecule has 3 fully saturated rings. The fourth-order valence-electron chi connectivity index (χ4n) is 4.46. The lowest BCUT2D eigenvalue weighted by molar-refractivity contribution is -0.142. The minimum Gasteiger partial charge on any atom is -0.497 e. The maximum Gasteiger partial charge on any atom is 0.233 e. The molecule has 1 saturated carbocycles. The van der Waals surface area contributed by atoms with Gasteiger partial charge in [0, 0.05) is 25.2 Å². The number of amides is 1. The molecule has 4 nitrogen and oxygen atoms in total. The van der Waals surface area contributed by atoms with Crippen LogP contribution in [0.15, 0.2) is 24.3 Å². The second-order valence-electron chi connectivity index (χ2n) is 7.76. The number of benzene rings is 1. The zero-order valence-electron chi connectivity index (χ0n) is 14.8. The SMILES string of the molecule is COc1ccc(C2(C(=O)N3CC(N4CCCC[C@H]4C)C3)CC2)cc1. The lowest BCUT2D eigenvalue weighted by Crippen LogP contribution is -2.64. The predicted molar refractivity (Wildman–Crippen MR) is 94.3 cm³/mol. The number of rotatable bonds is 4. The Bertz CT molecular complexity index is 603. The van der Waals surface area contributed by atoms with Crippen molar-refractivity contribution in [3.05, 3.63) is 29.8 Å². The maximum atomic E-state index is 13.1. The lowest BCUT2D eigenvalue weighted by Gasteiger charge is -2.50. The van der Waals surface area contributed by atoms with Gasteiger partial charge >= 0.3 is 0 Å². The van der Waals surface area contributed by atoms with E-state index in [1.807, 2.05) is 12.1 Å². The highest BCUT2D eigenvalue weighted by Crippen LogP contribution is 2.50. The van der Waals surface area contributed by atoms with E-state index in [4.69, 9.17) is 4.74 Å². The van der Waals surface area contributed by atoms with E-state index in [9.17, 15) is 4.79 Å². The van der Waals surface area contributed by atoms with Gasteiger partial charge < -0.3 is 9.64 Å². The van der Waals surface area contributed by atoms with Crippen molar-refractivity contribution in [1.82, 2.24) is 9.80 Å². The van der Waals surface area contributed by atoms with Crippen LogP contribution in [-0.4, -0.2) is 54.5 Å². The van der Waals surface area contributed by atoms with Gasteiger partial charge in [-0.3, -0.25) is 9.69 Å². The van der Waals surface area contributed by atoms with Crippen molar-refractivity contribution in [2.24, 2.45) is 0 Å². The second kappa shape index (κ2) is 6.07. The van der Waals surface area contributed by atoms with Crippen LogP contribution in [0.1, 0.15) is 44.6 Å². The number of piperidine rings is 1. The Morgan fingerprint density at radius 2 is 1.88 bits per heavy atom. The molecule has 0 spiro atoms. The molecule has 4 heteroatoms. The molecule has 2 aliphatic heterocycles. The third-order valence-electron chi connectivity index (χ3n) is 6.27. The molecule has 1 aromatic rings. The highest BCUT2D eigenvalue weighted by molar-refractivity contribution is 5.92. The molecule has 130 valence electrons. The summed E-state index contributed by atoms with van der Waals surface area (Å²) in [6.45, 7) is 5.38. The van der Waals surface area contributed by atoms with Gasteiger partial charge in [-0.1, -0.05) is 18.6 Å². The molecule has 3 aliphatic rings. The van der Waals surface area contributed by atoms with Crippen LogP contribution in [0.2, 0.25) is 0 Å². The normalized spacial score (nSPS) is 26.8. The standard InChI is InChI=1S/C20H28N2O2/c1-15-5-3-4-12-22(15)17-13-21(14-17)19(23)20(10-11-20)16-6-8-18(24-2)9-7-16/h6-9,15,17H,3-5,10-14H2,1-2H3/t15-/m1/s1. The number of hydrogen-bond donors (Lipinski definition) is 0. The summed E-state index contributed by atoms with van der Waals surface area (Å²) in [6, 6.07) is 9.32. The molecule has 24 heavy (non-hydrogen) atoms. The number of ether oxygens (including phenoxy) is 1. The first-order valence-electron chi connectivity index (χ1n) is 9.34. The van der Waals surface area contributed by atoms with E-state index in [1.165, 1.54) is 25.8 Å². The Hall–Kier alpha value is -1.55. The summed E-state index contributed by atoms with van der Waals surface area (Å²) in [7, 11) is 1.68. The number of hydrogen-bond acceptors (Lipinski definition) is 3. The van der Waals surface area contributed by atoms with Gasteiger partial charge in [0.2, 0.25) is 5.91 Å². The van der Waals surface area contributed by atoms with Crippen molar-refractivity contribution in [2.45, 2.75) is 56.5 Å². The molecule has 0 N–H and O–H groups in total. The number of methoxy groups -OCH3 is 1. The molecule has 1 amide bonds. The van der Waals surface area contributed by atoms with Crippen LogP contribution in [0.3, 0.4) is 0 Å². The molecular weight excluding hydrogens is 300 g/mol. The van der Waals surface area contributed by atoms with E-state index in [0.29, 0.717) is 18.0 Å². The summed E-state index contributed by atoms with van der Waals surface area (Å²) in [6.07, 6.45) is 5.94. The van der Waals surface area contributed by atoms with Gasteiger partial charge in [0.05, 0.1) is 12.5 Å². The molecule has 4 rings (SSSR count). The summed E-state index contributed by atoms with van der Waals surface area (Å²) >= 11 is 0. The van der Waals surface area contributed by atoms with Crippen LogP contribution in [0.5, 0.6) is 5.75 Å². The third-order valence-corrected chi connectivity index (χ3v) is 6.27. The monoisotopic (exact) mass is 328 g/mol. The minimum absolute atomic E-state index is 0.245. The van der Waals surface area contributed by atoms with Gasteiger partial charge in [-0.25, -0.2) is 0 Å². The van der Waals surface area contributed by atoms with Crippen LogP contribution in [0.25, 0.3) is 0 Å². The molecule has 0 radical (unpaired) electrons. The molecule has 0 aromatic heterocycles. The van der Waals surface area contributed by atoms with Crippen LogP contribution < -0.4 is 4.74 Å². The van der Waals surface area contributed by atoms with Crippen molar-refractivity contribution in [3.63, 3.8) is 0 Å². The summed E-state index contributed by atoms with van der Waals surface area (Å²) in [5.41, 5.74) is 0.910. The van der Waals surface area contributed by atoms with Gasteiger partial charge in [-0.05, 0) is 56.8 Å². The van der Waals surface area contributed by atoms with E-state index in [2.05, 4.69) is 28.9 Å². The fraction of sp³-hybridized carbons (Fsp3) is 0.650. The topological polar surface area (TPSA) is 32.8 Å². The molecule has 1 aliphatic carbocycles. The molecule has 1 atom stereocenters. The van der Waals surface area contributed by atoms with Crippen molar-refractivity contribution in [2.75, 3.05) is 26.7 Å². The maximum absolute atomic E-state index is 13.1. The second-order valence-corrected chi connectivity index (χ2v) is 7.76. The minimum atomic E-state index is -0.245. The average molecular weight is 328 g/mol. The predicted octanol–water partition coefficient (Wildman–Crippen LogP) is 2.81. The zero-order valence-corrected chi connectivity index (χ0v) is 14.8. The van der Waals surface area contributed by atoms with Gasteiger partial charge in [0.15, 0.2) is 0 Å². The highest BCUT2D eigenvalue weighted by Gasteiger charge is 2.55. The van der Waals surface area contributed by atoms with Gasteiger partial charge in [-0.2, -0.15) is 0 Å². The van der Waals surface area contributed by atoms with Gasteiger partial charge in [-0.15, -0.1) is 0 Å². The van der Waals surface area contributed by atoms with E-state index in [0.717, 1.165) is 37.2 Å². The van der Waals surface area contributed by atoms with Crippen LogP contribution in [0, 0.1) is 0 Å². The summed E-state index contributed by atoms with van der Waals surface area (Å²) < 4.78 is 5.23. The van der Waals surface area contributed by atoms with E-state index >= 15 is 0 Å². The molecule has 2 heterocycles. The lowest BCUT2D eigenvalue weighted by atomic mass is 9.91. The Morgan fingerprint density at radius 1 is 1.17 bits per heavy atom. The summed E-state index contributed by atoms with van der Waals surface area (Å²) in [4.78, 5) is 17.8. The van der Waals surface area contributed by atoms with Crippen molar-refractivity contribution in [1.29, 1.82) is 0 Å². The Kier molecular flexibility index (Phi) is 4.03. The highest BCUT2D eigenvalue weighted by atomic mass is 16.5. The zero-order chi connectivity index (χ0) is 16.7. The first-order valence-corrected chi connectivity index (χ1v) is 9.34. The molecular formula is C20H28N2O2. The number of carbonyl (C=O) groups excluding carboxylic acids is 1. The smallest absolute Gasteiger partial charge is 0.233 e. The van der Waals surface area contributed by atoms with Gasteiger partial charge in [0.1, 0.15) is 5.75 Å². The average Bonchev–Trinajstić information content (AvgIpc) is 3.37. The quantitative estimate of drug-likeness (QED) is 0.852. The fourth-order valence-corrected chi connectivity index (χ4v) is 4.46. The number of nitrogens with zero attached hydrogens (tertiary/aromatic N) is 2. The van der Waals surface area contributed by atoms with Crippen molar-refractivity contribution in [3.8, 4) is 5.75 Å². The molecule has 1 aromatic carbocycles. The Labute approximate surface area is 144 Å². The van der Waals surface area contributed by atoms with E-state index in [-0.39, 0.29) is 5.41 Å². The molecule has 0 bridgehead atoms. The largest absolute Gasteiger partial charge is 0.497 e. The molecule has 2 saturated heterocycles. The van der Waals surface area contributed by atoms with E-state index in [1.54, 1.807) is 7.11 Å². The van der Waals surface area contributed by atoms with Crippen LogP contribution in [-0.2, 0) is 10.2 Å². The Morgan fingerprint density at radius 3 is 2.46 bits per heavy atom. The van der Waals surface area contributed by atoms with Crippen molar-refractivity contribution >= 4 is 5.91 Å². The van der Waals surface area contributed by atoms with Crippen LogP contribution >= 0.6 is 0 Å². The third kappa shape index (κ3) is 2.61. The Balaban J connectivity index is 1.40. The summed E-state index contributed by atoms with van der Waals surface area (Å²) in [5.74, 6) is 1.19. The van der Waals surface area contributed by atoms with Crippen LogP contribution in [0.4, 0.5) is 0 Å². The number of likely N-dealkylation sites (tertiary alicyclic amines) is 2. The molecule has 0 unspecified atom stereocenters. The first-order chi connectivity index (χ1) is 11.6.